The number of rotatable bonds is 0. The minimum atomic E-state index is -0.745. The zero-order chi connectivity index (χ0) is 6.15. The second kappa shape index (κ2) is 1.95. The smallest absolute Gasteiger partial charge is 0.223 e. The van der Waals surface area contributed by atoms with Gasteiger partial charge in [0.05, 0.1) is 5.25 Å². The molecule has 0 bridgehead atoms. The van der Waals surface area contributed by atoms with Crippen LogP contribution >= 0.6 is 12.6 Å². The van der Waals surface area contributed by atoms with E-state index in [1.165, 1.54) is 0 Å². The molecule has 8 heavy (non-hydrogen) atoms. The molecule has 2 atom stereocenters. The average molecular weight is 133 g/mol. The molecular weight excluding hydrogens is 126 g/mol. The Morgan fingerprint density at radius 2 is 2.50 bits per heavy atom. The van der Waals surface area contributed by atoms with Gasteiger partial charge in [-0.25, -0.2) is 0 Å². The van der Waals surface area contributed by atoms with Gasteiger partial charge in [0.1, 0.15) is 6.23 Å². The number of aliphatic hydroxyl groups excluding tert-OH is 1. The van der Waals surface area contributed by atoms with E-state index >= 15 is 0 Å². The summed E-state index contributed by atoms with van der Waals surface area (Å²) in [5, 5.41) is 10.8. The standard InChI is InChI=1S/C4H7NO2S/c6-3-1-2(8)4(7)5-3/h2,4,7-8H,1H2,(H,5,6). The van der Waals surface area contributed by atoms with Gasteiger partial charge >= 0.3 is 0 Å². The van der Waals surface area contributed by atoms with Crippen LogP contribution in [0.25, 0.3) is 0 Å². The van der Waals surface area contributed by atoms with E-state index in [1.807, 2.05) is 0 Å². The molecule has 1 saturated heterocycles. The lowest BCUT2D eigenvalue weighted by molar-refractivity contribution is -0.120. The van der Waals surface area contributed by atoms with Gasteiger partial charge in [0, 0.05) is 6.42 Å². The molecule has 0 aromatic carbocycles. The molecule has 0 radical (unpaired) electrons. The molecule has 3 nitrogen and oxygen atoms in total. The van der Waals surface area contributed by atoms with Crippen molar-refractivity contribution in [2.75, 3.05) is 0 Å². The zero-order valence-electron chi connectivity index (χ0n) is 4.16. The van der Waals surface area contributed by atoms with Crippen molar-refractivity contribution in [1.82, 2.24) is 5.32 Å². The van der Waals surface area contributed by atoms with E-state index in [4.69, 9.17) is 5.11 Å². The van der Waals surface area contributed by atoms with Crippen molar-refractivity contribution in [3.05, 3.63) is 0 Å². The van der Waals surface area contributed by atoms with Crippen LogP contribution < -0.4 is 5.32 Å². The Balaban J connectivity index is 2.51. The molecule has 1 fully saturated rings. The number of nitrogens with one attached hydrogen (secondary N) is 1. The van der Waals surface area contributed by atoms with Gasteiger partial charge < -0.3 is 10.4 Å². The van der Waals surface area contributed by atoms with Crippen LogP contribution in [0.2, 0.25) is 0 Å². The summed E-state index contributed by atoms with van der Waals surface area (Å²) in [5.41, 5.74) is 0. The van der Waals surface area contributed by atoms with Crippen LogP contribution in [0.1, 0.15) is 6.42 Å². The van der Waals surface area contributed by atoms with Gasteiger partial charge in [-0.3, -0.25) is 4.79 Å². The van der Waals surface area contributed by atoms with Crippen LogP contribution in [0.5, 0.6) is 0 Å². The normalized spacial score (nSPS) is 37.5. The van der Waals surface area contributed by atoms with E-state index in [0.717, 1.165) is 0 Å². The minimum absolute atomic E-state index is 0.127. The summed E-state index contributed by atoms with van der Waals surface area (Å²) >= 11 is 3.91. The van der Waals surface area contributed by atoms with Crippen molar-refractivity contribution in [1.29, 1.82) is 0 Å². The molecule has 1 aliphatic rings. The Bertz CT molecular complexity index is 105. The van der Waals surface area contributed by atoms with Crippen LogP contribution in [-0.4, -0.2) is 22.5 Å². The van der Waals surface area contributed by atoms with Gasteiger partial charge in [-0.05, 0) is 0 Å². The molecule has 0 aromatic heterocycles. The maximum atomic E-state index is 10.3. The fraction of sp³-hybridized carbons (Fsp3) is 0.750. The zero-order valence-corrected chi connectivity index (χ0v) is 5.06. The highest BCUT2D eigenvalue weighted by molar-refractivity contribution is 7.81. The molecule has 1 heterocycles. The summed E-state index contributed by atoms with van der Waals surface area (Å²) in [6.07, 6.45) is -0.421. The number of amides is 1. The number of carbonyl (C=O) groups excluding carboxylic acids is 1. The Labute approximate surface area is 52.5 Å². The summed E-state index contributed by atoms with van der Waals surface area (Å²) in [4.78, 5) is 10.3. The molecule has 46 valence electrons. The van der Waals surface area contributed by atoms with Crippen LogP contribution in [0.15, 0.2) is 0 Å². The lowest BCUT2D eigenvalue weighted by atomic mass is 10.3. The Morgan fingerprint density at radius 1 is 1.88 bits per heavy atom. The number of hydrogen-bond donors (Lipinski definition) is 3. The molecule has 1 rings (SSSR count). The lowest BCUT2D eigenvalue weighted by Crippen LogP contribution is -2.28. The second-order valence-electron chi connectivity index (χ2n) is 1.78. The first-order valence-corrected chi connectivity index (χ1v) is 2.87. The van der Waals surface area contributed by atoms with E-state index in [-0.39, 0.29) is 11.2 Å². The second-order valence-corrected chi connectivity index (χ2v) is 2.45. The number of hydrogen-bond acceptors (Lipinski definition) is 3. The number of aliphatic hydroxyl groups is 1. The third-order valence-corrected chi connectivity index (χ3v) is 1.53. The van der Waals surface area contributed by atoms with E-state index in [9.17, 15) is 4.79 Å². The van der Waals surface area contributed by atoms with Crippen molar-refractivity contribution in [3.8, 4) is 0 Å². The van der Waals surface area contributed by atoms with Gasteiger partial charge in [0.25, 0.3) is 0 Å². The Kier molecular flexibility index (Phi) is 1.44. The minimum Gasteiger partial charge on any atom is -0.373 e. The molecule has 0 saturated carbocycles. The summed E-state index contributed by atoms with van der Waals surface area (Å²) in [6.45, 7) is 0. The lowest BCUT2D eigenvalue weighted by Gasteiger charge is -2.03. The van der Waals surface area contributed by atoms with E-state index < -0.39 is 6.23 Å². The van der Waals surface area contributed by atoms with Crippen molar-refractivity contribution in [3.63, 3.8) is 0 Å². The van der Waals surface area contributed by atoms with Crippen LogP contribution in [-0.2, 0) is 4.79 Å². The summed E-state index contributed by atoms with van der Waals surface area (Å²) in [7, 11) is 0. The highest BCUT2D eigenvalue weighted by atomic mass is 32.1. The molecule has 0 spiro atoms. The van der Waals surface area contributed by atoms with Gasteiger partial charge in [0.15, 0.2) is 0 Å². The number of carbonyl (C=O) groups is 1. The monoisotopic (exact) mass is 133 g/mol. The van der Waals surface area contributed by atoms with Crippen LogP contribution in [0, 0.1) is 0 Å². The van der Waals surface area contributed by atoms with Crippen molar-refractivity contribution >= 4 is 18.5 Å². The molecule has 1 amide bonds. The first kappa shape index (κ1) is 5.91. The topological polar surface area (TPSA) is 49.3 Å². The summed E-state index contributed by atoms with van der Waals surface area (Å²) < 4.78 is 0. The molecule has 0 aliphatic carbocycles. The molecule has 0 aromatic rings. The van der Waals surface area contributed by atoms with Crippen LogP contribution in [0.3, 0.4) is 0 Å². The summed E-state index contributed by atoms with van der Waals surface area (Å²) in [5.74, 6) is -0.127. The van der Waals surface area contributed by atoms with Crippen LogP contribution in [0.4, 0.5) is 0 Å². The van der Waals surface area contributed by atoms with E-state index in [1.54, 1.807) is 0 Å². The van der Waals surface area contributed by atoms with Gasteiger partial charge in [-0.2, -0.15) is 12.6 Å². The maximum Gasteiger partial charge on any atom is 0.223 e. The van der Waals surface area contributed by atoms with Gasteiger partial charge in [0.2, 0.25) is 5.91 Å². The fourth-order valence-corrected chi connectivity index (χ4v) is 0.862. The van der Waals surface area contributed by atoms with Gasteiger partial charge in [-0.15, -0.1) is 0 Å². The first-order chi connectivity index (χ1) is 3.70. The number of thiol groups is 1. The highest BCUT2D eigenvalue weighted by Gasteiger charge is 2.26. The summed E-state index contributed by atoms with van der Waals surface area (Å²) in [6, 6.07) is 0. The third kappa shape index (κ3) is 0.952. The fourth-order valence-electron chi connectivity index (χ4n) is 0.622. The molecule has 4 heteroatoms. The molecule has 2 unspecified atom stereocenters. The third-order valence-electron chi connectivity index (χ3n) is 1.07. The molecule has 2 N–H and O–H groups in total. The van der Waals surface area contributed by atoms with Gasteiger partial charge in [-0.1, -0.05) is 0 Å². The van der Waals surface area contributed by atoms with Crippen molar-refractivity contribution in [2.45, 2.75) is 17.9 Å². The average Bonchev–Trinajstić information content (AvgIpc) is 1.85. The first-order valence-electron chi connectivity index (χ1n) is 2.35. The van der Waals surface area contributed by atoms with E-state index in [0.29, 0.717) is 6.42 Å². The maximum absolute atomic E-state index is 10.3. The molecule has 1 aliphatic heterocycles. The van der Waals surface area contributed by atoms with E-state index in [2.05, 4.69) is 17.9 Å². The highest BCUT2D eigenvalue weighted by Crippen LogP contribution is 2.11. The largest absolute Gasteiger partial charge is 0.373 e. The van der Waals surface area contributed by atoms with Crippen molar-refractivity contribution in [2.24, 2.45) is 0 Å². The Hall–Kier alpha value is -0.220. The predicted octanol–water partition coefficient (Wildman–Crippen LogP) is -0.877. The molecular formula is C4H7NO2S. The Morgan fingerprint density at radius 3 is 2.62 bits per heavy atom. The quantitative estimate of drug-likeness (QED) is 0.376. The van der Waals surface area contributed by atoms with Crippen molar-refractivity contribution < 1.29 is 9.90 Å². The SMILES string of the molecule is O=C1CC(S)C(O)N1. The predicted molar refractivity (Wildman–Crippen MR) is 31.5 cm³/mol.